The number of fused-ring (bicyclic) bond motifs is 2. The maximum absolute atomic E-state index is 13.6. The van der Waals surface area contributed by atoms with Crippen molar-refractivity contribution >= 4 is 17.6 Å². The highest BCUT2D eigenvalue weighted by Crippen LogP contribution is 2.46. The number of hydrogen-bond acceptors (Lipinski definition) is 4. The van der Waals surface area contributed by atoms with Crippen molar-refractivity contribution in [3.63, 3.8) is 0 Å². The van der Waals surface area contributed by atoms with Crippen LogP contribution in [0.1, 0.15) is 39.5 Å². The predicted octanol–water partition coefficient (Wildman–Crippen LogP) is 2.53. The molecular formula is C19H25N3O3. The van der Waals surface area contributed by atoms with E-state index in [2.05, 4.69) is 5.32 Å². The van der Waals surface area contributed by atoms with Crippen LogP contribution in [0.5, 0.6) is 5.75 Å². The largest absolute Gasteiger partial charge is 0.495 e. The van der Waals surface area contributed by atoms with E-state index in [0.717, 1.165) is 12.8 Å². The Morgan fingerprint density at radius 3 is 2.40 bits per heavy atom. The van der Waals surface area contributed by atoms with Gasteiger partial charge in [-0.15, -0.1) is 0 Å². The quantitative estimate of drug-likeness (QED) is 0.857. The molecule has 1 spiro atoms. The minimum Gasteiger partial charge on any atom is -0.495 e. The lowest BCUT2D eigenvalue weighted by Crippen LogP contribution is -2.60. The summed E-state index contributed by atoms with van der Waals surface area (Å²) in [5.41, 5.74) is -0.197. The number of imide groups is 1. The molecule has 25 heavy (non-hydrogen) atoms. The lowest BCUT2D eigenvalue weighted by Gasteiger charge is -2.43. The van der Waals surface area contributed by atoms with Crippen molar-refractivity contribution in [1.82, 2.24) is 10.2 Å². The van der Waals surface area contributed by atoms with Crippen LogP contribution in [0.2, 0.25) is 0 Å². The molecule has 6 nitrogen and oxygen atoms in total. The van der Waals surface area contributed by atoms with Gasteiger partial charge in [0.1, 0.15) is 11.3 Å². The summed E-state index contributed by atoms with van der Waals surface area (Å²) in [4.78, 5) is 30.0. The Labute approximate surface area is 148 Å². The molecule has 1 N–H and O–H groups in total. The second kappa shape index (κ2) is 5.73. The monoisotopic (exact) mass is 343 g/mol. The van der Waals surface area contributed by atoms with Gasteiger partial charge in [0.15, 0.2) is 0 Å². The first kappa shape index (κ1) is 16.4. The number of methoxy groups -OCH3 is 1. The second-order valence-corrected chi connectivity index (χ2v) is 7.64. The van der Waals surface area contributed by atoms with Gasteiger partial charge in [-0.25, -0.2) is 9.69 Å². The second-order valence-electron chi connectivity index (χ2n) is 7.64. The van der Waals surface area contributed by atoms with Gasteiger partial charge in [-0.2, -0.15) is 0 Å². The highest BCUT2D eigenvalue weighted by atomic mass is 16.5. The molecule has 0 radical (unpaired) electrons. The maximum Gasteiger partial charge on any atom is 0.332 e. The molecule has 3 saturated heterocycles. The normalized spacial score (nSPS) is 31.5. The lowest BCUT2D eigenvalue weighted by atomic mass is 9.82. The molecule has 4 rings (SSSR count). The number of amides is 3. The van der Waals surface area contributed by atoms with Crippen LogP contribution in [0, 0.1) is 0 Å². The SMILES string of the molecule is COc1ccccc1N1C(=O)N(C(C)C)C2(CC3CCC(C2)N3)C1=O. The van der Waals surface area contributed by atoms with Crippen LogP contribution in [0.3, 0.4) is 0 Å². The number of ether oxygens (including phenoxy) is 1. The van der Waals surface area contributed by atoms with E-state index < -0.39 is 5.54 Å². The van der Waals surface area contributed by atoms with Gasteiger partial charge in [0.05, 0.1) is 12.8 Å². The minimum absolute atomic E-state index is 0.0337. The summed E-state index contributed by atoms with van der Waals surface area (Å²) < 4.78 is 5.40. The number of piperidine rings is 1. The van der Waals surface area contributed by atoms with E-state index in [4.69, 9.17) is 4.74 Å². The summed E-state index contributed by atoms with van der Waals surface area (Å²) in [7, 11) is 1.56. The van der Waals surface area contributed by atoms with Gasteiger partial charge >= 0.3 is 6.03 Å². The fourth-order valence-electron chi connectivity index (χ4n) is 4.93. The van der Waals surface area contributed by atoms with Gasteiger partial charge in [-0.1, -0.05) is 12.1 Å². The van der Waals surface area contributed by atoms with E-state index in [1.165, 1.54) is 4.90 Å². The summed E-state index contributed by atoms with van der Waals surface area (Å²) in [6.45, 7) is 3.98. The third-order valence-corrected chi connectivity index (χ3v) is 5.81. The van der Waals surface area contributed by atoms with Crippen LogP contribution in [0.4, 0.5) is 10.5 Å². The molecule has 0 aromatic heterocycles. The summed E-state index contributed by atoms with van der Waals surface area (Å²) >= 11 is 0. The predicted molar refractivity (Wildman–Crippen MR) is 94.8 cm³/mol. The topological polar surface area (TPSA) is 61.9 Å². The Morgan fingerprint density at radius 2 is 1.80 bits per heavy atom. The molecule has 1 aromatic carbocycles. The van der Waals surface area contributed by atoms with Gasteiger partial charge in [0, 0.05) is 18.1 Å². The van der Waals surface area contributed by atoms with E-state index in [-0.39, 0.29) is 18.0 Å². The zero-order valence-electron chi connectivity index (χ0n) is 15.0. The number of nitrogens with zero attached hydrogens (tertiary/aromatic N) is 2. The van der Waals surface area contributed by atoms with Crippen LogP contribution >= 0.6 is 0 Å². The Kier molecular flexibility index (Phi) is 3.76. The molecule has 6 heteroatoms. The third-order valence-electron chi connectivity index (χ3n) is 5.81. The van der Waals surface area contributed by atoms with E-state index in [1.54, 1.807) is 19.2 Å². The number of rotatable bonds is 3. The summed E-state index contributed by atoms with van der Waals surface area (Å²) in [6.07, 6.45) is 3.54. The average Bonchev–Trinajstić information content (AvgIpc) is 3.02. The standard InChI is InChI=1S/C19H25N3O3/c1-12(2)22-18(24)21(15-6-4-5-7-16(15)25-3)17(23)19(22)10-13-8-9-14(11-19)20-13/h4-7,12-14,20H,8-11H2,1-3H3. The molecule has 2 unspecified atom stereocenters. The van der Waals surface area contributed by atoms with Crippen molar-refractivity contribution in [3.05, 3.63) is 24.3 Å². The summed E-state index contributed by atoms with van der Waals surface area (Å²) in [5.74, 6) is 0.441. The van der Waals surface area contributed by atoms with E-state index >= 15 is 0 Å². The number of anilines is 1. The molecule has 3 fully saturated rings. The molecule has 0 aliphatic carbocycles. The first-order valence-corrected chi connectivity index (χ1v) is 9.05. The number of nitrogens with one attached hydrogen (secondary N) is 1. The van der Waals surface area contributed by atoms with Crippen molar-refractivity contribution in [2.45, 2.75) is 63.2 Å². The zero-order chi connectivity index (χ0) is 17.8. The highest BCUT2D eigenvalue weighted by Gasteiger charge is 2.62. The first-order valence-electron chi connectivity index (χ1n) is 9.05. The maximum atomic E-state index is 13.6. The molecule has 3 aliphatic heterocycles. The molecule has 3 heterocycles. The van der Waals surface area contributed by atoms with Gasteiger partial charge in [-0.05, 0) is 51.7 Å². The molecular weight excluding hydrogens is 318 g/mol. The average molecular weight is 343 g/mol. The Bertz CT molecular complexity index is 706. The van der Waals surface area contributed by atoms with Gasteiger partial charge in [-0.3, -0.25) is 4.79 Å². The van der Waals surface area contributed by atoms with E-state index in [9.17, 15) is 9.59 Å². The Balaban J connectivity index is 1.81. The number of hydrogen-bond donors (Lipinski definition) is 1. The van der Waals surface area contributed by atoms with Crippen molar-refractivity contribution in [3.8, 4) is 5.75 Å². The summed E-state index contributed by atoms with van der Waals surface area (Å²) in [6, 6.07) is 7.60. The van der Waals surface area contributed by atoms with E-state index in [0.29, 0.717) is 36.4 Å². The van der Waals surface area contributed by atoms with Crippen LogP contribution in [0.25, 0.3) is 0 Å². The summed E-state index contributed by atoms with van der Waals surface area (Å²) in [5, 5.41) is 3.58. The van der Waals surface area contributed by atoms with Crippen LogP contribution in [-0.4, -0.2) is 47.6 Å². The number of para-hydroxylation sites is 2. The van der Waals surface area contributed by atoms with Crippen LogP contribution < -0.4 is 15.0 Å². The van der Waals surface area contributed by atoms with Gasteiger partial charge in [0.25, 0.3) is 5.91 Å². The fraction of sp³-hybridized carbons (Fsp3) is 0.579. The number of carbonyl (C=O) groups excluding carboxylic acids is 2. The molecule has 2 bridgehead atoms. The van der Waals surface area contributed by atoms with Crippen molar-refractivity contribution in [2.75, 3.05) is 12.0 Å². The molecule has 3 aliphatic rings. The van der Waals surface area contributed by atoms with Crippen molar-refractivity contribution in [1.29, 1.82) is 0 Å². The van der Waals surface area contributed by atoms with E-state index in [1.807, 2.05) is 30.9 Å². The number of urea groups is 1. The number of carbonyl (C=O) groups is 2. The highest BCUT2D eigenvalue weighted by molar-refractivity contribution is 6.24. The lowest BCUT2D eigenvalue weighted by molar-refractivity contribution is -0.127. The smallest absolute Gasteiger partial charge is 0.332 e. The van der Waals surface area contributed by atoms with Gasteiger partial charge < -0.3 is 15.0 Å². The fourth-order valence-corrected chi connectivity index (χ4v) is 4.93. The molecule has 1 aromatic rings. The van der Waals surface area contributed by atoms with Crippen molar-refractivity contribution < 1.29 is 14.3 Å². The van der Waals surface area contributed by atoms with Gasteiger partial charge in [0.2, 0.25) is 0 Å². The zero-order valence-corrected chi connectivity index (χ0v) is 15.0. The molecule has 3 amide bonds. The third kappa shape index (κ3) is 2.27. The van der Waals surface area contributed by atoms with Crippen LogP contribution in [0.15, 0.2) is 24.3 Å². The first-order chi connectivity index (χ1) is 12.0. The van der Waals surface area contributed by atoms with Crippen LogP contribution in [-0.2, 0) is 4.79 Å². The molecule has 134 valence electrons. The Morgan fingerprint density at radius 1 is 1.16 bits per heavy atom. The number of benzene rings is 1. The molecule has 0 saturated carbocycles. The van der Waals surface area contributed by atoms with Crippen molar-refractivity contribution in [2.24, 2.45) is 0 Å². The Hall–Kier alpha value is -2.08. The minimum atomic E-state index is -0.733. The molecule has 2 atom stereocenters.